The molecule has 144 valence electrons. The van der Waals surface area contributed by atoms with Gasteiger partial charge in [0.1, 0.15) is 5.15 Å². The lowest BCUT2D eigenvalue weighted by Gasteiger charge is -2.39. The van der Waals surface area contributed by atoms with Gasteiger partial charge in [0, 0.05) is 36.6 Å². The number of aromatic nitrogens is 1. The van der Waals surface area contributed by atoms with Crippen LogP contribution in [0, 0.1) is 0 Å². The Morgan fingerprint density at radius 1 is 1.26 bits per heavy atom. The number of halogens is 2. The SMILES string of the molecule is CCCOC(=O)N1CCN(C(=O)c2ccc3c(Cl)cc(Cl)nc3c2)[C@@H](C)C1. The third kappa shape index (κ3) is 4.28. The van der Waals surface area contributed by atoms with Crippen LogP contribution in [0.25, 0.3) is 10.9 Å². The molecule has 1 aromatic carbocycles. The van der Waals surface area contributed by atoms with Gasteiger partial charge in [0.25, 0.3) is 5.91 Å². The van der Waals surface area contributed by atoms with Crippen LogP contribution in [0.15, 0.2) is 24.3 Å². The number of ether oxygens (including phenoxy) is 1. The number of amides is 2. The summed E-state index contributed by atoms with van der Waals surface area (Å²) in [7, 11) is 0. The maximum absolute atomic E-state index is 13.0. The fraction of sp³-hybridized carbons (Fsp3) is 0.421. The fourth-order valence-corrected chi connectivity index (χ4v) is 3.68. The topological polar surface area (TPSA) is 62.7 Å². The summed E-state index contributed by atoms with van der Waals surface area (Å²) in [6.07, 6.45) is 0.457. The molecule has 3 rings (SSSR count). The van der Waals surface area contributed by atoms with Crippen LogP contribution in [0.5, 0.6) is 0 Å². The van der Waals surface area contributed by atoms with Gasteiger partial charge in [-0.3, -0.25) is 4.79 Å². The van der Waals surface area contributed by atoms with Gasteiger partial charge in [0.05, 0.1) is 17.1 Å². The first-order chi connectivity index (χ1) is 12.9. The van der Waals surface area contributed by atoms with E-state index in [1.165, 1.54) is 0 Å². The molecule has 0 aliphatic carbocycles. The molecule has 2 heterocycles. The quantitative estimate of drug-likeness (QED) is 0.711. The van der Waals surface area contributed by atoms with Gasteiger partial charge in [0.2, 0.25) is 0 Å². The Morgan fingerprint density at radius 2 is 2.04 bits per heavy atom. The molecule has 2 aromatic rings. The molecule has 1 aliphatic rings. The number of carbonyl (C=O) groups excluding carboxylic acids is 2. The zero-order valence-corrected chi connectivity index (χ0v) is 16.8. The molecule has 0 radical (unpaired) electrons. The van der Waals surface area contributed by atoms with E-state index in [-0.39, 0.29) is 23.2 Å². The van der Waals surface area contributed by atoms with Crippen molar-refractivity contribution < 1.29 is 14.3 Å². The van der Waals surface area contributed by atoms with Gasteiger partial charge in [-0.15, -0.1) is 0 Å². The van der Waals surface area contributed by atoms with E-state index in [9.17, 15) is 9.59 Å². The predicted molar refractivity (Wildman–Crippen MR) is 105 cm³/mol. The normalized spacial score (nSPS) is 17.3. The van der Waals surface area contributed by atoms with Crippen molar-refractivity contribution in [3.8, 4) is 0 Å². The standard InChI is InChI=1S/C19H21Cl2N3O3/c1-3-8-27-19(26)23-6-7-24(12(2)11-23)18(25)13-4-5-14-15(20)10-17(21)22-16(14)9-13/h4-5,9-10,12H,3,6-8,11H2,1-2H3/t12-/m0/s1. The van der Waals surface area contributed by atoms with Gasteiger partial charge in [-0.1, -0.05) is 36.2 Å². The second-order valence-electron chi connectivity index (χ2n) is 6.57. The molecule has 0 bridgehead atoms. The summed E-state index contributed by atoms with van der Waals surface area (Å²) in [5, 5.41) is 1.52. The summed E-state index contributed by atoms with van der Waals surface area (Å²) in [4.78, 5) is 32.6. The Balaban J connectivity index is 1.75. The third-order valence-corrected chi connectivity index (χ3v) is 5.06. The van der Waals surface area contributed by atoms with Crippen LogP contribution < -0.4 is 0 Å². The lowest BCUT2D eigenvalue weighted by molar-refractivity contribution is 0.0414. The van der Waals surface area contributed by atoms with Crippen molar-refractivity contribution in [1.29, 1.82) is 0 Å². The van der Waals surface area contributed by atoms with E-state index >= 15 is 0 Å². The van der Waals surface area contributed by atoms with Crippen molar-refractivity contribution in [2.45, 2.75) is 26.3 Å². The van der Waals surface area contributed by atoms with Crippen LogP contribution in [0.1, 0.15) is 30.6 Å². The summed E-state index contributed by atoms with van der Waals surface area (Å²) in [6.45, 7) is 5.61. The molecule has 0 unspecified atom stereocenters. The van der Waals surface area contributed by atoms with Crippen LogP contribution in [0.3, 0.4) is 0 Å². The monoisotopic (exact) mass is 409 g/mol. The van der Waals surface area contributed by atoms with Gasteiger partial charge >= 0.3 is 6.09 Å². The molecule has 0 N–H and O–H groups in total. The molecular formula is C19H21Cl2N3O3. The van der Waals surface area contributed by atoms with Gasteiger partial charge in [0.15, 0.2) is 0 Å². The second-order valence-corrected chi connectivity index (χ2v) is 7.36. The first-order valence-corrected chi connectivity index (χ1v) is 9.64. The third-order valence-electron chi connectivity index (χ3n) is 4.55. The maximum Gasteiger partial charge on any atom is 0.409 e. The van der Waals surface area contributed by atoms with E-state index in [1.807, 2.05) is 13.8 Å². The maximum atomic E-state index is 13.0. The molecule has 0 saturated carbocycles. The van der Waals surface area contributed by atoms with E-state index < -0.39 is 0 Å². The van der Waals surface area contributed by atoms with Crippen LogP contribution >= 0.6 is 23.2 Å². The lowest BCUT2D eigenvalue weighted by Crippen LogP contribution is -2.55. The van der Waals surface area contributed by atoms with E-state index in [0.717, 1.165) is 11.8 Å². The summed E-state index contributed by atoms with van der Waals surface area (Å²) < 4.78 is 5.18. The van der Waals surface area contributed by atoms with E-state index in [2.05, 4.69) is 4.98 Å². The number of carbonyl (C=O) groups is 2. The first-order valence-electron chi connectivity index (χ1n) is 8.89. The van der Waals surface area contributed by atoms with E-state index in [0.29, 0.717) is 42.3 Å². The van der Waals surface area contributed by atoms with Crippen molar-refractivity contribution >= 4 is 46.1 Å². The average molecular weight is 410 g/mol. The zero-order valence-electron chi connectivity index (χ0n) is 15.2. The molecule has 0 spiro atoms. The largest absolute Gasteiger partial charge is 0.449 e. The van der Waals surface area contributed by atoms with Crippen molar-refractivity contribution in [1.82, 2.24) is 14.8 Å². The Bertz CT molecular complexity index is 875. The van der Waals surface area contributed by atoms with Crippen LogP contribution in [0.4, 0.5) is 4.79 Å². The van der Waals surface area contributed by atoms with Crippen LogP contribution in [-0.2, 0) is 4.74 Å². The highest BCUT2D eigenvalue weighted by Gasteiger charge is 2.31. The molecule has 1 aliphatic heterocycles. The Labute approximate surface area is 168 Å². The molecule has 1 atom stereocenters. The highest BCUT2D eigenvalue weighted by atomic mass is 35.5. The summed E-state index contributed by atoms with van der Waals surface area (Å²) in [5.74, 6) is -0.108. The molecule has 2 amide bonds. The van der Waals surface area contributed by atoms with Crippen LogP contribution in [-0.4, -0.2) is 59.1 Å². The highest BCUT2D eigenvalue weighted by molar-refractivity contribution is 6.37. The predicted octanol–water partition coefficient (Wildman–Crippen LogP) is 4.23. The molecule has 27 heavy (non-hydrogen) atoms. The molecule has 6 nitrogen and oxygen atoms in total. The summed E-state index contributed by atoms with van der Waals surface area (Å²) in [6, 6.07) is 6.67. The minimum Gasteiger partial charge on any atom is -0.449 e. The van der Waals surface area contributed by atoms with Crippen molar-refractivity contribution in [2.75, 3.05) is 26.2 Å². The van der Waals surface area contributed by atoms with Gasteiger partial charge in [-0.25, -0.2) is 9.78 Å². The molecule has 8 heteroatoms. The fourth-order valence-electron chi connectivity index (χ4n) is 3.16. The Kier molecular flexibility index (Phi) is 6.07. The lowest BCUT2D eigenvalue weighted by atomic mass is 10.1. The van der Waals surface area contributed by atoms with Crippen molar-refractivity contribution in [2.24, 2.45) is 0 Å². The number of nitrogens with zero attached hydrogens (tertiary/aromatic N) is 3. The van der Waals surface area contributed by atoms with Crippen molar-refractivity contribution in [3.63, 3.8) is 0 Å². The number of rotatable bonds is 3. The summed E-state index contributed by atoms with van der Waals surface area (Å²) in [5.41, 5.74) is 1.09. The number of hydrogen-bond acceptors (Lipinski definition) is 4. The minimum absolute atomic E-state index is 0.108. The van der Waals surface area contributed by atoms with Crippen LogP contribution in [0.2, 0.25) is 10.2 Å². The van der Waals surface area contributed by atoms with E-state index in [1.54, 1.807) is 34.1 Å². The molecule has 1 saturated heterocycles. The zero-order chi connectivity index (χ0) is 19.6. The van der Waals surface area contributed by atoms with Gasteiger partial charge < -0.3 is 14.5 Å². The number of benzene rings is 1. The average Bonchev–Trinajstić information content (AvgIpc) is 2.64. The number of fused-ring (bicyclic) bond motifs is 1. The first kappa shape index (κ1) is 19.7. The number of hydrogen-bond donors (Lipinski definition) is 0. The number of piperazine rings is 1. The number of pyridine rings is 1. The van der Waals surface area contributed by atoms with E-state index in [4.69, 9.17) is 27.9 Å². The minimum atomic E-state index is -0.324. The molecular weight excluding hydrogens is 389 g/mol. The Morgan fingerprint density at radius 3 is 2.74 bits per heavy atom. The second kappa shape index (κ2) is 8.31. The highest BCUT2D eigenvalue weighted by Crippen LogP contribution is 2.26. The smallest absolute Gasteiger partial charge is 0.409 e. The summed E-state index contributed by atoms with van der Waals surface area (Å²) >= 11 is 12.1. The van der Waals surface area contributed by atoms with Gasteiger partial charge in [-0.05, 0) is 31.5 Å². The van der Waals surface area contributed by atoms with Crippen molar-refractivity contribution in [3.05, 3.63) is 40.0 Å². The molecule has 1 aromatic heterocycles. The Hall–Kier alpha value is -2.05. The van der Waals surface area contributed by atoms with Gasteiger partial charge in [-0.2, -0.15) is 0 Å². The molecule has 1 fully saturated rings.